The van der Waals surface area contributed by atoms with E-state index in [1.54, 1.807) is 9.80 Å². The zero-order chi connectivity index (χ0) is 28.5. The summed E-state index contributed by atoms with van der Waals surface area (Å²) in [5, 5.41) is 0. The molecule has 6 heteroatoms. The molecule has 0 aliphatic heterocycles. The zero-order valence-corrected chi connectivity index (χ0v) is 23.6. The minimum Gasteiger partial charge on any atom is -0.484 e. The second kappa shape index (κ2) is 13.5. The van der Waals surface area contributed by atoms with Gasteiger partial charge < -0.3 is 19.3 Å². The van der Waals surface area contributed by atoms with Crippen molar-refractivity contribution < 1.29 is 19.1 Å². The fourth-order valence-electron chi connectivity index (χ4n) is 4.26. The van der Waals surface area contributed by atoms with Gasteiger partial charge >= 0.3 is 0 Å². The number of carbonyl (C=O) groups is 2. The molecule has 0 aliphatic carbocycles. The summed E-state index contributed by atoms with van der Waals surface area (Å²) in [6.45, 7) is 8.42. The summed E-state index contributed by atoms with van der Waals surface area (Å²) in [4.78, 5) is 30.2. The van der Waals surface area contributed by atoms with E-state index in [1.165, 1.54) is 0 Å². The maximum atomic E-state index is 13.4. The van der Waals surface area contributed by atoms with Crippen molar-refractivity contribution in [2.45, 2.75) is 27.7 Å². The molecule has 0 fully saturated rings. The third-order valence-electron chi connectivity index (χ3n) is 6.97. The van der Waals surface area contributed by atoms with Crippen LogP contribution in [-0.4, -0.2) is 38.1 Å². The van der Waals surface area contributed by atoms with Gasteiger partial charge in [-0.05, 0) is 98.5 Å². The minimum atomic E-state index is -0.198. The Kier molecular flexibility index (Phi) is 9.57. The standard InChI is InChI=1S/C34H36N2O4/c1-25-15-17-31(21-27(25)3)39-23-33(37)35(29-11-7-5-8-12-29)19-20-36(30-13-9-6-10-14-30)34(38)24-40-32-18-16-26(2)28(4)22-32/h5-18,21-22H,19-20,23-24H2,1-4H3. The molecule has 0 aliphatic rings. The van der Waals surface area contributed by atoms with Gasteiger partial charge in [-0.1, -0.05) is 48.5 Å². The number of para-hydroxylation sites is 2. The van der Waals surface area contributed by atoms with Gasteiger partial charge in [-0.3, -0.25) is 9.59 Å². The molecule has 0 heterocycles. The van der Waals surface area contributed by atoms with Gasteiger partial charge in [0.25, 0.3) is 11.8 Å². The lowest BCUT2D eigenvalue weighted by Crippen LogP contribution is -2.44. The smallest absolute Gasteiger partial charge is 0.264 e. The highest BCUT2D eigenvalue weighted by molar-refractivity contribution is 5.96. The molecule has 0 atom stereocenters. The van der Waals surface area contributed by atoms with Crippen molar-refractivity contribution in [3.63, 3.8) is 0 Å². The third kappa shape index (κ3) is 7.50. The molecule has 4 aromatic carbocycles. The Morgan fingerprint density at radius 1 is 0.525 bits per heavy atom. The van der Waals surface area contributed by atoms with Gasteiger partial charge in [0.15, 0.2) is 13.2 Å². The van der Waals surface area contributed by atoms with Crippen LogP contribution in [0.25, 0.3) is 0 Å². The fourth-order valence-corrected chi connectivity index (χ4v) is 4.26. The highest BCUT2D eigenvalue weighted by Gasteiger charge is 2.22. The molecule has 0 radical (unpaired) electrons. The summed E-state index contributed by atoms with van der Waals surface area (Å²) in [6, 6.07) is 30.4. The molecule has 4 aromatic rings. The number of ether oxygens (including phenoxy) is 2. The first-order valence-electron chi connectivity index (χ1n) is 13.4. The largest absolute Gasteiger partial charge is 0.484 e. The van der Waals surface area contributed by atoms with E-state index in [4.69, 9.17) is 9.47 Å². The lowest BCUT2D eigenvalue weighted by molar-refractivity contribution is -0.122. The number of anilines is 2. The molecule has 206 valence electrons. The normalized spacial score (nSPS) is 10.6. The monoisotopic (exact) mass is 536 g/mol. The van der Waals surface area contributed by atoms with Crippen LogP contribution in [0, 0.1) is 27.7 Å². The number of amides is 2. The van der Waals surface area contributed by atoms with E-state index < -0.39 is 0 Å². The Hall–Kier alpha value is -4.58. The molecule has 4 rings (SSSR count). The lowest BCUT2D eigenvalue weighted by atomic mass is 10.1. The van der Waals surface area contributed by atoms with Crippen molar-refractivity contribution in [3.8, 4) is 11.5 Å². The first-order chi connectivity index (χ1) is 19.3. The van der Waals surface area contributed by atoms with Crippen LogP contribution < -0.4 is 19.3 Å². The van der Waals surface area contributed by atoms with Gasteiger partial charge in [-0.15, -0.1) is 0 Å². The van der Waals surface area contributed by atoms with Gasteiger partial charge in [-0.25, -0.2) is 0 Å². The zero-order valence-electron chi connectivity index (χ0n) is 23.6. The predicted molar refractivity (Wildman–Crippen MR) is 160 cm³/mol. The molecule has 6 nitrogen and oxygen atoms in total. The van der Waals surface area contributed by atoms with Crippen molar-refractivity contribution in [1.29, 1.82) is 0 Å². The number of hydrogen-bond acceptors (Lipinski definition) is 4. The van der Waals surface area contributed by atoms with E-state index in [2.05, 4.69) is 0 Å². The third-order valence-corrected chi connectivity index (χ3v) is 6.97. The second-order valence-electron chi connectivity index (χ2n) is 9.83. The Bertz CT molecular complexity index is 1330. The Morgan fingerprint density at radius 2 is 0.900 bits per heavy atom. The van der Waals surface area contributed by atoms with Crippen LogP contribution in [-0.2, 0) is 9.59 Å². The molecule has 0 aromatic heterocycles. The maximum Gasteiger partial charge on any atom is 0.264 e. The van der Waals surface area contributed by atoms with Crippen molar-refractivity contribution >= 4 is 23.2 Å². The van der Waals surface area contributed by atoms with Crippen LogP contribution in [0.2, 0.25) is 0 Å². The van der Waals surface area contributed by atoms with Gasteiger partial charge in [0, 0.05) is 24.5 Å². The van der Waals surface area contributed by atoms with Gasteiger partial charge in [0.2, 0.25) is 0 Å². The second-order valence-corrected chi connectivity index (χ2v) is 9.83. The van der Waals surface area contributed by atoms with Crippen molar-refractivity contribution in [2.24, 2.45) is 0 Å². The quantitative estimate of drug-likeness (QED) is 0.221. The predicted octanol–water partition coefficient (Wildman–Crippen LogP) is 6.44. The van der Waals surface area contributed by atoms with Gasteiger partial charge in [0.1, 0.15) is 11.5 Å². The molecule has 0 spiro atoms. The topological polar surface area (TPSA) is 59.1 Å². The fraction of sp³-hybridized carbons (Fsp3) is 0.235. The highest BCUT2D eigenvalue weighted by Crippen LogP contribution is 2.21. The van der Waals surface area contributed by atoms with Crippen LogP contribution in [0.15, 0.2) is 97.1 Å². The summed E-state index contributed by atoms with van der Waals surface area (Å²) in [6.07, 6.45) is 0. The Morgan fingerprint density at radius 3 is 1.25 bits per heavy atom. The first kappa shape index (κ1) is 28.4. The van der Waals surface area contributed by atoms with Gasteiger partial charge in [0.05, 0.1) is 0 Å². The number of benzene rings is 4. The molecule has 0 bridgehead atoms. The number of aryl methyl sites for hydroxylation is 4. The molecular formula is C34H36N2O4. The van der Waals surface area contributed by atoms with Crippen molar-refractivity contribution in [2.75, 3.05) is 36.1 Å². The van der Waals surface area contributed by atoms with Crippen molar-refractivity contribution in [3.05, 3.63) is 119 Å². The Balaban J connectivity index is 1.49. The lowest BCUT2D eigenvalue weighted by Gasteiger charge is -2.28. The van der Waals surface area contributed by atoms with Crippen LogP contribution in [0.1, 0.15) is 22.3 Å². The number of carbonyl (C=O) groups excluding carboxylic acids is 2. The molecule has 0 saturated heterocycles. The summed E-state index contributed by atoms with van der Waals surface area (Å²) >= 11 is 0. The summed E-state index contributed by atoms with van der Waals surface area (Å²) in [5.41, 5.74) is 6.01. The SMILES string of the molecule is Cc1ccc(OCC(=O)N(CCN(C(=O)COc2ccc(C)c(C)c2)c2ccccc2)c2ccccc2)cc1C. The Labute approximate surface area is 236 Å². The molecule has 0 unspecified atom stereocenters. The van der Waals surface area contributed by atoms with Crippen LogP contribution >= 0.6 is 0 Å². The van der Waals surface area contributed by atoms with E-state index in [0.29, 0.717) is 11.5 Å². The molecule has 0 N–H and O–H groups in total. The van der Waals surface area contributed by atoms with E-state index in [-0.39, 0.29) is 38.1 Å². The van der Waals surface area contributed by atoms with E-state index in [0.717, 1.165) is 33.6 Å². The number of rotatable bonds is 11. The molecule has 40 heavy (non-hydrogen) atoms. The van der Waals surface area contributed by atoms with Crippen molar-refractivity contribution in [1.82, 2.24) is 0 Å². The average Bonchev–Trinajstić information content (AvgIpc) is 2.97. The summed E-state index contributed by atoms with van der Waals surface area (Å²) in [5.74, 6) is 0.899. The number of hydrogen-bond donors (Lipinski definition) is 0. The minimum absolute atomic E-state index is 0.118. The first-order valence-corrected chi connectivity index (χ1v) is 13.4. The van der Waals surface area contributed by atoms with E-state index in [1.807, 2.05) is 125 Å². The molecular weight excluding hydrogens is 500 g/mol. The van der Waals surface area contributed by atoms with Gasteiger partial charge in [-0.2, -0.15) is 0 Å². The average molecular weight is 537 g/mol. The van der Waals surface area contributed by atoms with E-state index >= 15 is 0 Å². The molecule has 2 amide bonds. The number of nitrogens with zero attached hydrogens (tertiary/aromatic N) is 2. The van der Waals surface area contributed by atoms with Crippen LogP contribution in [0.4, 0.5) is 11.4 Å². The van der Waals surface area contributed by atoms with E-state index in [9.17, 15) is 9.59 Å². The maximum absolute atomic E-state index is 13.4. The molecule has 0 saturated carbocycles. The highest BCUT2D eigenvalue weighted by atomic mass is 16.5. The van der Waals surface area contributed by atoms with Crippen LogP contribution in [0.3, 0.4) is 0 Å². The van der Waals surface area contributed by atoms with Crippen LogP contribution in [0.5, 0.6) is 11.5 Å². The summed E-state index contributed by atoms with van der Waals surface area (Å²) in [7, 11) is 0. The summed E-state index contributed by atoms with van der Waals surface area (Å²) < 4.78 is 11.7.